The molecule has 19 heavy (non-hydrogen) atoms. The highest BCUT2D eigenvalue weighted by molar-refractivity contribution is 9.10. The molecule has 0 atom stereocenters. The van der Waals surface area contributed by atoms with Crippen molar-refractivity contribution in [2.45, 2.75) is 0 Å². The number of benzene rings is 2. The van der Waals surface area contributed by atoms with Crippen LogP contribution in [-0.2, 0) is 0 Å². The smallest absolute Gasteiger partial charge is 0.185 e. The summed E-state index contributed by atoms with van der Waals surface area (Å²) in [4.78, 5) is 11.9. The van der Waals surface area contributed by atoms with Crippen LogP contribution in [0.2, 0.25) is 5.02 Å². The SMILES string of the molecule is O=C(/C=C/c1ccc(O)c(Cl)c1)c1cccc(Br)c1. The molecule has 2 aromatic carbocycles. The molecule has 2 rings (SSSR count). The van der Waals surface area contributed by atoms with Gasteiger partial charge in [-0.05, 0) is 35.9 Å². The highest BCUT2D eigenvalue weighted by Gasteiger charge is 2.02. The summed E-state index contributed by atoms with van der Waals surface area (Å²) in [7, 11) is 0. The van der Waals surface area contributed by atoms with Crippen LogP contribution in [0.25, 0.3) is 6.08 Å². The first-order chi connectivity index (χ1) is 9.06. The lowest BCUT2D eigenvalue weighted by Crippen LogP contribution is -1.93. The summed E-state index contributed by atoms with van der Waals surface area (Å²) < 4.78 is 0.861. The monoisotopic (exact) mass is 336 g/mol. The average molecular weight is 338 g/mol. The molecule has 0 aliphatic rings. The van der Waals surface area contributed by atoms with Crippen molar-refractivity contribution in [2.24, 2.45) is 0 Å². The van der Waals surface area contributed by atoms with Gasteiger partial charge < -0.3 is 5.11 Å². The van der Waals surface area contributed by atoms with Gasteiger partial charge in [-0.25, -0.2) is 0 Å². The van der Waals surface area contributed by atoms with E-state index in [1.54, 1.807) is 30.3 Å². The second-order valence-electron chi connectivity index (χ2n) is 3.92. The van der Waals surface area contributed by atoms with Crippen molar-refractivity contribution in [3.05, 3.63) is 69.2 Å². The minimum absolute atomic E-state index is 0.0251. The van der Waals surface area contributed by atoms with Gasteiger partial charge in [0, 0.05) is 10.0 Å². The molecule has 2 nitrogen and oxygen atoms in total. The Hall–Kier alpha value is -1.58. The minimum atomic E-state index is -0.0921. The van der Waals surface area contributed by atoms with Crippen molar-refractivity contribution in [2.75, 3.05) is 0 Å². The summed E-state index contributed by atoms with van der Waals surface area (Å²) in [5.74, 6) is -0.0670. The Morgan fingerprint density at radius 3 is 2.68 bits per heavy atom. The van der Waals surface area contributed by atoms with E-state index in [2.05, 4.69) is 15.9 Å². The van der Waals surface area contributed by atoms with Crippen molar-refractivity contribution in [1.29, 1.82) is 0 Å². The van der Waals surface area contributed by atoms with Gasteiger partial charge >= 0.3 is 0 Å². The predicted molar refractivity (Wildman–Crippen MR) is 80.6 cm³/mol. The maximum Gasteiger partial charge on any atom is 0.185 e. The lowest BCUT2D eigenvalue weighted by atomic mass is 10.1. The second kappa shape index (κ2) is 6.04. The third-order valence-corrected chi connectivity index (χ3v) is 3.30. The first kappa shape index (κ1) is 13.8. The molecule has 0 saturated heterocycles. The molecule has 0 unspecified atom stereocenters. The largest absolute Gasteiger partial charge is 0.506 e. The van der Waals surface area contributed by atoms with Crippen LogP contribution < -0.4 is 0 Å². The fourth-order valence-electron chi connectivity index (χ4n) is 1.54. The number of rotatable bonds is 3. The van der Waals surface area contributed by atoms with Crippen LogP contribution in [0.4, 0.5) is 0 Å². The maximum absolute atomic E-state index is 11.9. The second-order valence-corrected chi connectivity index (χ2v) is 5.24. The molecule has 0 aliphatic heterocycles. The molecule has 0 fully saturated rings. The van der Waals surface area contributed by atoms with Gasteiger partial charge in [-0.3, -0.25) is 4.79 Å². The number of halogens is 2. The number of allylic oxidation sites excluding steroid dienone is 1. The normalized spacial score (nSPS) is 10.8. The van der Waals surface area contributed by atoms with Crippen LogP contribution in [0.3, 0.4) is 0 Å². The molecule has 0 spiro atoms. The van der Waals surface area contributed by atoms with E-state index in [-0.39, 0.29) is 16.6 Å². The number of hydrogen-bond donors (Lipinski definition) is 1. The quantitative estimate of drug-likeness (QED) is 0.651. The van der Waals surface area contributed by atoms with Gasteiger partial charge in [-0.15, -0.1) is 0 Å². The molecule has 0 heterocycles. The standard InChI is InChI=1S/C15H10BrClO2/c16-12-3-1-2-11(9-12)14(18)6-4-10-5-7-15(19)13(17)8-10/h1-9,19H/b6-4+. The zero-order chi connectivity index (χ0) is 13.8. The van der Waals surface area contributed by atoms with Gasteiger partial charge in [0.2, 0.25) is 0 Å². The van der Waals surface area contributed by atoms with Crippen molar-refractivity contribution >= 4 is 39.4 Å². The predicted octanol–water partition coefficient (Wildman–Crippen LogP) is 4.70. The van der Waals surface area contributed by atoms with Crippen LogP contribution in [0, 0.1) is 0 Å². The Labute approximate surface area is 124 Å². The molecule has 0 bridgehead atoms. The van der Waals surface area contributed by atoms with E-state index in [0.29, 0.717) is 5.56 Å². The molecule has 1 N–H and O–H groups in total. The summed E-state index contributed by atoms with van der Waals surface area (Å²) in [6.07, 6.45) is 3.14. The van der Waals surface area contributed by atoms with Crippen LogP contribution in [0.5, 0.6) is 5.75 Å². The first-order valence-corrected chi connectivity index (χ1v) is 6.70. The van der Waals surface area contributed by atoms with E-state index >= 15 is 0 Å². The van der Waals surface area contributed by atoms with Gasteiger partial charge in [-0.2, -0.15) is 0 Å². The summed E-state index contributed by atoms with van der Waals surface area (Å²) in [5.41, 5.74) is 1.36. The van der Waals surface area contributed by atoms with Gasteiger partial charge in [0.1, 0.15) is 5.75 Å². The number of hydrogen-bond acceptors (Lipinski definition) is 2. The maximum atomic E-state index is 11.9. The molecule has 0 amide bonds. The molecule has 0 aliphatic carbocycles. The van der Waals surface area contributed by atoms with Crippen LogP contribution in [0.1, 0.15) is 15.9 Å². The van der Waals surface area contributed by atoms with Crippen molar-refractivity contribution in [1.82, 2.24) is 0 Å². The van der Waals surface area contributed by atoms with Gasteiger partial charge in [0.05, 0.1) is 5.02 Å². The fraction of sp³-hybridized carbons (Fsp3) is 0. The van der Waals surface area contributed by atoms with Crippen LogP contribution >= 0.6 is 27.5 Å². The number of carbonyl (C=O) groups excluding carboxylic acids is 1. The summed E-state index contributed by atoms with van der Waals surface area (Å²) in [5, 5.41) is 9.56. The number of ketones is 1. The highest BCUT2D eigenvalue weighted by atomic mass is 79.9. The van der Waals surface area contributed by atoms with E-state index in [1.807, 2.05) is 12.1 Å². The Morgan fingerprint density at radius 1 is 1.21 bits per heavy atom. The molecule has 0 saturated carbocycles. The summed E-state index contributed by atoms with van der Waals surface area (Å²) >= 11 is 9.11. The summed E-state index contributed by atoms with van der Waals surface area (Å²) in [6.45, 7) is 0. The van der Waals surface area contributed by atoms with Crippen molar-refractivity contribution in [3.63, 3.8) is 0 Å². The third-order valence-electron chi connectivity index (χ3n) is 2.51. The molecule has 0 aromatic heterocycles. The van der Waals surface area contributed by atoms with E-state index in [9.17, 15) is 9.90 Å². The molecule has 0 radical (unpaired) electrons. The Kier molecular flexibility index (Phi) is 4.40. The average Bonchev–Trinajstić information content (AvgIpc) is 2.40. The van der Waals surface area contributed by atoms with Gasteiger partial charge in [0.15, 0.2) is 5.78 Å². The number of phenolic OH excluding ortho intramolecular Hbond substituents is 1. The van der Waals surface area contributed by atoms with Gasteiger partial charge in [-0.1, -0.05) is 51.8 Å². The van der Waals surface area contributed by atoms with E-state index in [4.69, 9.17) is 11.6 Å². The Morgan fingerprint density at radius 2 is 2.00 bits per heavy atom. The summed E-state index contributed by atoms with van der Waals surface area (Å²) in [6, 6.07) is 12.0. The fourth-order valence-corrected chi connectivity index (χ4v) is 2.12. The van der Waals surface area contributed by atoms with Crippen molar-refractivity contribution < 1.29 is 9.90 Å². The molecular weight excluding hydrogens is 328 g/mol. The van der Waals surface area contributed by atoms with E-state index < -0.39 is 0 Å². The number of carbonyl (C=O) groups is 1. The van der Waals surface area contributed by atoms with Crippen molar-refractivity contribution in [3.8, 4) is 5.75 Å². The Balaban J connectivity index is 2.18. The first-order valence-electron chi connectivity index (χ1n) is 5.53. The minimum Gasteiger partial charge on any atom is -0.506 e. The Bertz CT molecular complexity index is 650. The number of aromatic hydroxyl groups is 1. The third kappa shape index (κ3) is 3.69. The molecular formula is C15H10BrClO2. The zero-order valence-electron chi connectivity index (χ0n) is 9.81. The zero-order valence-corrected chi connectivity index (χ0v) is 12.1. The van der Waals surface area contributed by atoms with Gasteiger partial charge in [0.25, 0.3) is 0 Å². The van der Waals surface area contributed by atoms with E-state index in [1.165, 1.54) is 12.1 Å². The van der Waals surface area contributed by atoms with Crippen LogP contribution in [0.15, 0.2) is 53.0 Å². The van der Waals surface area contributed by atoms with E-state index in [0.717, 1.165) is 10.0 Å². The topological polar surface area (TPSA) is 37.3 Å². The molecule has 96 valence electrons. The highest BCUT2D eigenvalue weighted by Crippen LogP contribution is 2.24. The lowest BCUT2D eigenvalue weighted by Gasteiger charge is -1.99. The van der Waals surface area contributed by atoms with Crippen LogP contribution in [-0.4, -0.2) is 10.9 Å². The molecule has 2 aromatic rings. The lowest BCUT2D eigenvalue weighted by molar-refractivity contribution is 0.104. The number of phenols is 1. The molecule has 4 heteroatoms.